The topological polar surface area (TPSA) is 26.3 Å². The number of aryl methyl sites for hydroxylation is 1. The van der Waals surface area contributed by atoms with Gasteiger partial charge in [0, 0.05) is 5.41 Å². The van der Waals surface area contributed by atoms with E-state index in [2.05, 4.69) is 25.1 Å². The number of fused-ring (bicyclic) bond motifs is 5. The highest BCUT2D eigenvalue weighted by molar-refractivity contribution is 6.32. The average Bonchev–Trinajstić information content (AvgIpc) is 2.77. The predicted octanol–water partition coefficient (Wildman–Crippen LogP) is 4.34. The summed E-state index contributed by atoms with van der Waals surface area (Å²) in [5, 5.41) is -0.258. The van der Waals surface area contributed by atoms with Crippen LogP contribution in [0.2, 0.25) is 0 Å². The second-order valence-corrected chi connectivity index (χ2v) is 8.03. The zero-order valence-corrected chi connectivity index (χ0v) is 14.0. The van der Waals surface area contributed by atoms with Gasteiger partial charge in [-0.25, -0.2) is 0 Å². The second-order valence-electron chi connectivity index (χ2n) is 7.50. The molecule has 3 aliphatic rings. The van der Waals surface area contributed by atoms with E-state index in [1.54, 1.807) is 7.11 Å². The van der Waals surface area contributed by atoms with Crippen LogP contribution in [-0.2, 0) is 11.2 Å². The number of carbonyl (C=O) groups excluding carboxylic acids is 1. The van der Waals surface area contributed by atoms with Gasteiger partial charge in [-0.3, -0.25) is 4.79 Å². The summed E-state index contributed by atoms with van der Waals surface area (Å²) in [4.78, 5) is 12.5. The van der Waals surface area contributed by atoms with Crippen LogP contribution in [0.1, 0.15) is 49.7 Å². The molecule has 3 aliphatic carbocycles. The standard InChI is InChI=1S/C19H23ClO2/c1-19-8-7-14-13-6-4-12(22-2)9-11(13)3-5-15(14)16(19)10-17(20)18(19)21/h4,6,9,14-17H,3,5,7-8,10H2,1-2H3/t14-,15-,16+,17-,19+/m1/s1. The third kappa shape index (κ3) is 1.89. The maximum atomic E-state index is 12.5. The van der Waals surface area contributed by atoms with Gasteiger partial charge in [0.25, 0.3) is 0 Å². The molecule has 1 aromatic rings. The van der Waals surface area contributed by atoms with Crippen LogP contribution in [0, 0.1) is 17.3 Å². The van der Waals surface area contributed by atoms with Crippen molar-refractivity contribution in [2.45, 2.75) is 50.3 Å². The summed E-state index contributed by atoms with van der Waals surface area (Å²) in [5.41, 5.74) is 2.76. The molecule has 2 saturated carbocycles. The van der Waals surface area contributed by atoms with E-state index < -0.39 is 0 Å². The first-order valence-electron chi connectivity index (χ1n) is 8.40. The van der Waals surface area contributed by atoms with Crippen molar-refractivity contribution in [3.05, 3.63) is 29.3 Å². The minimum absolute atomic E-state index is 0.169. The fourth-order valence-electron chi connectivity index (χ4n) is 5.43. The van der Waals surface area contributed by atoms with Gasteiger partial charge in [-0.05, 0) is 73.1 Å². The lowest BCUT2D eigenvalue weighted by Crippen LogP contribution is -2.42. The Morgan fingerprint density at radius 3 is 2.91 bits per heavy atom. The number of benzene rings is 1. The SMILES string of the molecule is COc1ccc2c(c1)CC[C@@H]1[C@@H]2CC[C@]2(C)C(=O)[C@H](Cl)C[C@@H]12. The number of ketones is 1. The number of ether oxygens (including phenoxy) is 1. The molecule has 0 unspecified atom stereocenters. The van der Waals surface area contributed by atoms with E-state index in [1.807, 2.05) is 0 Å². The Bertz CT molecular complexity index is 626. The van der Waals surface area contributed by atoms with Gasteiger partial charge < -0.3 is 4.74 Å². The van der Waals surface area contributed by atoms with Crippen molar-refractivity contribution in [2.24, 2.45) is 17.3 Å². The third-order valence-electron chi connectivity index (χ3n) is 6.63. The Hall–Kier alpha value is -1.02. The molecule has 4 rings (SSSR count). The third-order valence-corrected chi connectivity index (χ3v) is 7.01. The quantitative estimate of drug-likeness (QED) is 0.720. The Kier molecular flexibility index (Phi) is 3.30. The summed E-state index contributed by atoms with van der Waals surface area (Å²) in [5.74, 6) is 2.94. The van der Waals surface area contributed by atoms with Crippen LogP contribution in [0.5, 0.6) is 5.75 Å². The highest BCUT2D eigenvalue weighted by atomic mass is 35.5. The van der Waals surface area contributed by atoms with Crippen molar-refractivity contribution in [2.75, 3.05) is 7.11 Å². The molecule has 3 heteroatoms. The normalized spacial score (nSPS) is 39.9. The van der Waals surface area contributed by atoms with E-state index in [9.17, 15) is 4.79 Å². The molecule has 0 spiro atoms. The van der Waals surface area contributed by atoms with Crippen molar-refractivity contribution in [3.63, 3.8) is 0 Å². The van der Waals surface area contributed by atoms with E-state index in [1.165, 1.54) is 17.5 Å². The second kappa shape index (κ2) is 4.99. The number of alkyl halides is 1. The molecule has 22 heavy (non-hydrogen) atoms. The molecule has 5 atom stereocenters. The van der Waals surface area contributed by atoms with Crippen molar-refractivity contribution < 1.29 is 9.53 Å². The Balaban J connectivity index is 1.70. The van der Waals surface area contributed by atoms with Gasteiger partial charge in [-0.2, -0.15) is 0 Å². The van der Waals surface area contributed by atoms with Crippen LogP contribution in [0.25, 0.3) is 0 Å². The van der Waals surface area contributed by atoms with Crippen molar-refractivity contribution in [3.8, 4) is 5.75 Å². The smallest absolute Gasteiger partial charge is 0.156 e. The number of methoxy groups -OCH3 is 1. The fraction of sp³-hybridized carbons (Fsp3) is 0.632. The summed E-state index contributed by atoms with van der Waals surface area (Å²) in [6.45, 7) is 2.17. The summed E-state index contributed by atoms with van der Waals surface area (Å²) < 4.78 is 5.37. The van der Waals surface area contributed by atoms with E-state index in [0.717, 1.165) is 31.4 Å². The molecule has 2 fully saturated rings. The van der Waals surface area contributed by atoms with Gasteiger partial charge in [-0.15, -0.1) is 11.6 Å². The zero-order valence-electron chi connectivity index (χ0n) is 13.3. The monoisotopic (exact) mass is 318 g/mol. The van der Waals surface area contributed by atoms with Gasteiger partial charge in [0.1, 0.15) is 5.75 Å². The molecule has 118 valence electrons. The van der Waals surface area contributed by atoms with Gasteiger partial charge >= 0.3 is 0 Å². The molecule has 0 amide bonds. The van der Waals surface area contributed by atoms with E-state index in [-0.39, 0.29) is 10.8 Å². The van der Waals surface area contributed by atoms with Crippen molar-refractivity contribution in [1.29, 1.82) is 0 Å². The van der Waals surface area contributed by atoms with Gasteiger partial charge in [0.15, 0.2) is 5.78 Å². The number of halogens is 1. The number of carbonyl (C=O) groups is 1. The first-order chi connectivity index (χ1) is 10.5. The minimum atomic E-state index is -0.258. The molecule has 0 bridgehead atoms. The lowest BCUT2D eigenvalue weighted by molar-refractivity contribution is -0.129. The molecule has 2 nitrogen and oxygen atoms in total. The fourth-order valence-corrected chi connectivity index (χ4v) is 5.88. The highest BCUT2D eigenvalue weighted by Crippen LogP contribution is 2.60. The predicted molar refractivity (Wildman–Crippen MR) is 87.6 cm³/mol. The van der Waals surface area contributed by atoms with Crippen LogP contribution in [0.3, 0.4) is 0 Å². The molecule has 0 heterocycles. The zero-order chi connectivity index (χ0) is 15.5. The highest BCUT2D eigenvalue weighted by Gasteiger charge is 2.57. The molecule has 0 saturated heterocycles. The number of hydrogen-bond donors (Lipinski definition) is 0. The van der Waals surface area contributed by atoms with Crippen LogP contribution in [-0.4, -0.2) is 18.3 Å². The van der Waals surface area contributed by atoms with E-state index in [0.29, 0.717) is 23.5 Å². The summed E-state index contributed by atoms with van der Waals surface area (Å²) in [6.07, 6.45) is 5.27. The van der Waals surface area contributed by atoms with Crippen LogP contribution < -0.4 is 4.74 Å². The average molecular weight is 319 g/mol. The molecular weight excluding hydrogens is 296 g/mol. The van der Waals surface area contributed by atoms with Crippen LogP contribution in [0.15, 0.2) is 18.2 Å². The van der Waals surface area contributed by atoms with E-state index in [4.69, 9.17) is 16.3 Å². The number of hydrogen-bond acceptors (Lipinski definition) is 2. The van der Waals surface area contributed by atoms with Gasteiger partial charge in [0.05, 0.1) is 12.5 Å². The van der Waals surface area contributed by atoms with Crippen molar-refractivity contribution in [1.82, 2.24) is 0 Å². The van der Waals surface area contributed by atoms with Crippen LogP contribution >= 0.6 is 11.6 Å². The molecule has 0 aromatic heterocycles. The minimum Gasteiger partial charge on any atom is -0.497 e. The summed E-state index contributed by atoms with van der Waals surface area (Å²) in [6, 6.07) is 6.53. The number of rotatable bonds is 1. The first-order valence-corrected chi connectivity index (χ1v) is 8.83. The molecule has 0 aliphatic heterocycles. The molecule has 0 N–H and O–H groups in total. The summed E-state index contributed by atoms with van der Waals surface area (Å²) in [7, 11) is 1.73. The van der Waals surface area contributed by atoms with Gasteiger partial charge in [-0.1, -0.05) is 13.0 Å². The van der Waals surface area contributed by atoms with Gasteiger partial charge in [0.2, 0.25) is 0 Å². The number of Topliss-reactive ketones (excluding diaryl/α,β-unsaturated/α-hetero) is 1. The largest absolute Gasteiger partial charge is 0.497 e. The molecular formula is C19H23ClO2. The first kappa shape index (κ1) is 14.6. The Labute approximate surface area is 137 Å². The van der Waals surface area contributed by atoms with Crippen LogP contribution in [0.4, 0.5) is 0 Å². The maximum absolute atomic E-state index is 12.5. The lowest BCUT2D eigenvalue weighted by atomic mass is 9.55. The Morgan fingerprint density at radius 1 is 1.32 bits per heavy atom. The summed E-state index contributed by atoms with van der Waals surface area (Å²) >= 11 is 6.33. The van der Waals surface area contributed by atoms with Crippen molar-refractivity contribution >= 4 is 17.4 Å². The molecule has 1 aromatic carbocycles. The van der Waals surface area contributed by atoms with E-state index >= 15 is 0 Å². The maximum Gasteiger partial charge on any atom is 0.156 e. The molecule has 0 radical (unpaired) electrons. The lowest BCUT2D eigenvalue weighted by Gasteiger charge is -2.48. The Morgan fingerprint density at radius 2 is 2.14 bits per heavy atom.